The number of nitrogens with one attached hydrogen (secondary N) is 2. The first-order valence-corrected chi connectivity index (χ1v) is 9.22. The fraction of sp³-hybridized carbons (Fsp3) is 0.650. The molecule has 3 rings (SSSR count). The van der Waals surface area contributed by atoms with Crippen molar-refractivity contribution in [2.75, 3.05) is 13.1 Å². The summed E-state index contributed by atoms with van der Waals surface area (Å²) in [5, 5.41) is 6.73. The molecule has 3 heteroatoms. The van der Waals surface area contributed by atoms with Crippen molar-refractivity contribution in [1.82, 2.24) is 10.6 Å². The second-order valence-electron chi connectivity index (χ2n) is 7.66. The van der Waals surface area contributed by atoms with Crippen LogP contribution in [-0.4, -0.2) is 25.0 Å². The van der Waals surface area contributed by atoms with E-state index in [1.54, 1.807) is 0 Å². The normalized spacial score (nSPS) is 26.8. The average Bonchev–Trinajstić information content (AvgIpc) is 3.02. The summed E-state index contributed by atoms with van der Waals surface area (Å²) in [6.07, 6.45) is 8.12. The molecule has 2 atom stereocenters. The van der Waals surface area contributed by atoms with Gasteiger partial charge in [-0.3, -0.25) is 4.79 Å². The molecule has 1 aromatic rings. The highest BCUT2D eigenvalue weighted by Crippen LogP contribution is 2.40. The van der Waals surface area contributed by atoms with Gasteiger partial charge in [-0.2, -0.15) is 0 Å². The number of carbonyl (C=O) groups excluding carboxylic acids is 1. The molecule has 0 unspecified atom stereocenters. The zero-order valence-electron chi connectivity index (χ0n) is 14.3. The molecule has 1 aromatic carbocycles. The maximum absolute atomic E-state index is 12.6. The number of rotatable bonds is 5. The fourth-order valence-electron chi connectivity index (χ4n) is 4.36. The van der Waals surface area contributed by atoms with Crippen molar-refractivity contribution in [1.29, 1.82) is 0 Å². The van der Waals surface area contributed by atoms with Gasteiger partial charge in [0.05, 0.1) is 0 Å². The van der Waals surface area contributed by atoms with Gasteiger partial charge in [0, 0.05) is 18.5 Å². The summed E-state index contributed by atoms with van der Waals surface area (Å²) >= 11 is 0. The number of hydrogen-bond acceptors (Lipinski definition) is 2. The minimum Gasteiger partial charge on any atom is -0.355 e. The molecule has 1 aliphatic carbocycles. The van der Waals surface area contributed by atoms with Crippen molar-refractivity contribution in [3.8, 4) is 0 Å². The Kier molecular flexibility index (Phi) is 5.37. The highest BCUT2D eigenvalue weighted by atomic mass is 16.1. The van der Waals surface area contributed by atoms with Gasteiger partial charge in [0.15, 0.2) is 0 Å². The Labute approximate surface area is 140 Å². The van der Waals surface area contributed by atoms with Crippen LogP contribution in [0, 0.1) is 11.3 Å². The molecule has 1 aliphatic heterocycles. The van der Waals surface area contributed by atoms with E-state index in [4.69, 9.17) is 0 Å². The van der Waals surface area contributed by atoms with Crippen LogP contribution in [0.25, 0.3) is 0 Å². The lowest BCUT2D eigenvalue weighted by molar-refractivity contribution is -0.126. The van der Waals surface area contributed by atoms with E-state index in [9.17, 15) is 4.79 Å². The third kappa shape index (κ3) is 4.35. The van der Waals surface area contributed by atoms with Gasteiger partial charge in [0.2, 0.25) is 5.91 Å². The van der Waals surface area contributed by atoms with E-state index in [1.165, 1.54) is 31.2 Å². The first-order chi connectivity index (χ1) is 11.2. The van der Waals surface area contributed by atoms with Gasteiger partial charge in [-0.15, -0.1) is 0 Å². The summed E-state index contributed by atoms with van der Waals surface area (Å²) in [6.45, 7) is 3.99. The van der Waals surface area contributed by atoms with E-state index in [-0.39, 0.29) is 17.2 Å². The number of piperidine rings is 1. The molecule has 126 valence electrons. The van der Waals surface area contributed by atoms with Gasteiger partial charge in [0.1, 0.15) is 0 Å². The van der Waals surface area contributed by atoms with Crippen LogP contribution in [0.1, 0.15) is 51.0 Å². The topological polar surface area (TPSA) is 41.1 Å². The molecule has 2 aliphatic rings. The summed E-state index contributed by atoms with van der Waals surface area (Å²) in [7, 11) is 0. The van der Waals surface area contributed by atoms with E-state index >= 15 is 0 Å². The molecule has 3 nitrogen and oxygen atoms in total. The Bertz CT molecular complexity index is 508. The van der Waals surface area contributed by atoms with Crippen LogP contribution in [0.3, 0.4) is 0 Å². The maximum Gasteiger partial charge on any atom is 0.223 e. The third-order valence-corrected chi connectivity index (χ3v) is 5.72. The molecule has 1 heterocycles. The van der Waals surface area contributed by atoms with E-state index in [1.807, 2.05) is 0 Å². The lowest BCUT2D eigenvalue weighted by Gasteiger charge is -2.32. The van der Waals surface area contributed by atoms with Gasteiger partial charge < -0.3 is 10.6 Å². The predicted molar refractivity (Wildman–Crippen MR) is 94.2 cm³/mol. The Balaban J connectivity index is 1.58. The SMILES string of the molecule is C[C@H]1C[C@@H](C(=O)NCC2(Cc3ccccc3)CCCC2)CCN1. The monoisotopic (exact) mass is 314 g/mol. The van der Waals surface area contributed by atoms with Crippen molar-refractivity contribution in [3.63, 3.8) is 0 Å². The first-order valence-electron chi connectivity index (χ1n) is 9.22. The van der Waals surface area contributed by atoms with Crippen LogP contribution in [-0.2, 0) is 11.2 Å². The molecule has 1 amide bonds. The molecule has 0 radical (unpaired) electrons. The first kappa shape index (κ1) is 16.5. The van der Waals surface area contributed by atoms with Crippen LogP contribution in [0.15, 0.2) is 30.3 Å². The maximum atomic E-state index is 12.6. The molecule has 0 bridgehead atoms. The number of amides is 1. The van der Waals surface area contributed by atoms with Gasteiger partial charge in [-0.05, 0) is 56.6 Å². The van der Waals surface area contributed by atoms with Crippen molar-refractivity contribution in [3.05, 3.63) is 35.9 Å². The second kappa shape index (κ2) is 7.48. The van der Waals surface area contributed by atoms with Crippen molar-refractivity contribution >= 4 is 5.91 Å². The van der Waals surface area contributed by atoms with Crippen molar-refractivity contribution in [2.24, 2.45) is 11.3 Å². The summed E-state index contributed by atoms with van der Waals surface area (Å²) in [4.78, 5) is 12.6. The number of hydrogen-bond donors (Lipinski definition) is 2. The quantitative estimate of drug-likeness (QED) is 0.875. The molecule has 1 saturated carbocycles. The zero-order valence-corrected chi connectivity index (χ0v) is 14.3. The number of carbonyl (C=O) groups is 1. The van der Waals surface area contributed by atoms with Gasteiger partial charge in [-0.1, -0.05) is 43.2 Å². The summed E-state index contributed by atoms with van der Waals surface area (Å²) in [5.74, 6) is 0.471. The molecule has 0 aromatic heterocycles. The minimum atomic E-state index is 0.196. The van der Waals surface area contributed by atoms with E-state index < -0.39 is 0 Å². The van der Waals surface area contributed by atoms with Gasteiger partial charge >= 0.3 is 0 Å². The van der Waals surface area contributed by atoms with E-state index in [0.717, 1.165) is 32.4 Å². The smallest absolute Gasteiger partial charge is 0.223 e. The van der Waals surface area contributed by atoms with Crippen LogP contribution in [0.5, 0.6) is 0 Å². The summed E-state index contributed by atoms with van der Waals surface area (Å²) in [5.41, 5.74) is 1.68. The van der Waals surface area contributed by atoms with Crippen LogP contribution < -0.4 is 10.6 Å². The molecule has 2 fully saturated rings. The fourth-order valence-corrected chi connectivity index (χ4v) is 4.36. The molecule has 0 spiro atoms. The van der Waals surface area contributed by atoms with E-state index in [0.29, 0.717) is 6.04 Å². The minimum absolute atomic E-state index is 0.196. The highest BCUT2D eigenvalue weighted by molar-refractivity contribution is 5.78. The summed E-state index contributed by atoms with van der Waals surface area (Å²) in [6, 6.07) is 11.2. The second-order valence-corrected chi connectivity index (χ2v) is 7.66. The lowest BCUT2D eigenvalue weighted by atomic mass is 9.79. The lowest BCUT2D eigenvalue weighted by Crippen LogP contribution is -2.45. The van der Waals surface area contributed by atoms with E-state index in [2.05, 4.69) is 47.9 Å². The van der Waals surface area contributed by atoms with Crippen molar-refractivity contribution in [2.45, 2.75) is 57.9 Å². The Morgan fingerprint density at radius 2 is 2.00 bits per heavy atom. The highest BCUT2D eigenvalue weighted by Gasteiger charge is 2.35. The van der Waals surface area contributed by atoms with Crippen molar-refractivity contribution < 1.29 is 4.79 Å². The number of benzene rings is 1. The average molecular weight is 314 g/mol. The molecule has 23 heavy (non-hydrogen) atoms. The zero-order chi connectivity index (χ0) is 16.1. The van der Waals surface area contributed by atoms with Gasteiger partial charge in [-0.25, -0.2) is 0 Å². The molecule has 2 N–H and O–H groups in total. The molecular formula is C20H30N2O. The summed E-state index contributed by atoms with van der Waals surface area (Å²) < 4.78 is 0. The van der Waals surface area contributed by atoms with Crippen LogP contribution >= 0.6 is 0 Å². The largest absolute Gasteiger partial charge is 0.355 e. The predicted octanol–water partition coefficient (Wildman–Crippen LogP) is 3.29. The van der Waals surface area contributed by atoms with Crippen LogP contribution in [0.2, 0.25) is 0 Å². The van der Waals surface area contributed by atoms with Crippen LogP contribution in [0.4, 0.5) is 0 Å². The third-order valence-electron chi connectivity index (χ3n) is 5.72. The van der Waals surface area contributed by atoms with Gasteiger partial charge in [0.25, 0.3) is 0 Å². The molecular weight excluding hydrogens is 284 g/mol. The Morgan fingerprint density at radius 1 is 1.26 bits per heavy atom. The standard InChI is InChI=1S/C20H30N2O/c1-16-13-18(9-12-21-16)19(23)22-15-20(10-5-6-11-20)14-17-7-3-2-4-8-17/h2-4,7-8,16,18,21H,5-6,9-15H2,1H3,(H,22,23)/t16-,18-/m0/s1. The Morgan fingerprint density at radius 3 is 2.70 bits per heavy atom. The molecule has 1 saturated heterocycles. The Hall–Kier alpha value is -1.35.